The van der Waals surface area contributed by atoms with Crippen molar-refractivity contribution in [3.8, 4) is 11.8 Å². The van der Waals surface area contributed by atoms with E-state index in [9.17, 15) is 4.79 Å². The average Bonchev–Trinajstić information content (AvgIpc) is 2.40. The molecular weight excluding hydrogens is 252 g/mol. The fourth-order valence-corrected chi connectivity index (χ4v) is 1.86. The Morgan fingerprint density at radius 3 is 2.35 bits per heavy atom. The van der Waals surface area contributed by atoms with Crippen LogP contribution in [0.3, 0.4) is 0 Å². The third-order valence-corrected chi connectivity index (χ3v) is 2.93. The molecule has 20 heavy (non-hydrogen) atoms. The van der Waals surface area contributed by atoms with Crippen molar-refractivity contribution in [1.29, 1.82) is 0 Å². The minimum absolute atomic E-state index is 0.0376. The highest BCUT2D eigenvalue weighted by atomic mass is 16.5. The maximum Gasteiger partial charge on any atom is 0.321 e. The molecule has 4 heteroatoms. The molecule has 1 aromatic heterocycles. The van der Waals surface area contributed by atoms with Crippen LogP contribution in [0.5, 0.6) is 11.8 Å². The zero-order valence-corrected chi connectivity index (χ0v) is 12.2. The van der Waals surface area contributed by atoms with Crippen LogP contribution in [-0.4, -0.2) is 16.3 Å². The Kier molecular flexibility index (Phi) is 3.84. The van der Waals surface area contributed by atoms with Gasteiger partial charge in [-0.1, -0.05) is 38.5 Å². The molecule has 0 aliphatic rings. The Balaban J connectivity index is 2.35. The van der Waals surface area contributed by atoms with E-state index < -0.39 is 0 Å². The maximum atomic E-state index is 10.6. The van der Waals surface area contributed by atoms with Crippen molar-refractivity contribution in [2.24, 2.45) is 0 Å². The molecule has 0 fully saturated rings. The second kappa shape index (κ2) is 5.41. The molecule has 0 radical (unpaired) electrons. The molecule has 0 saturated carbocycles. The van der Waals surface area contributed by atoms with Gasteiger partial charge in [0.25, 0.3) is 0 Å². The molecule has 0 unspecified atom stereocenters. The second-order valence-electron chi connectivity index (χ2n) is 5.77. The van der Waals surface area contributed by atoms with Crippen LogP contribution in [0.4, 0.5) is 0 Å². The number of carbonyl (C=O) groups is 1. The Labute approximate surface area is 118 Å². The zero-order valence-electron chi connectivity index (χ0n) is 12.2. The van der Waals surface area contributed by atoms with E-state index in [1.54, 1.807) is 0 Å². The predicted molar refractivity (Wildman–Crippen MR) is 77.4 cm³/mol. The minimum Gasteiger partial charge on any atom is -0.424 e. The number of hydrogen-bond acceptors (Lipinski definition) is 4. The lowest BCUT2D eigenvalue weighted by atomic mass is 9.85. The number of nitrogens with zero attached hydrogens (tertiary/aromatic N) is 2. The maximum absolute atomic E-state index is 10.6. The fraction of sp³-hybridized carbons (Fsp3) is 0.312. The largest absolute Gasteiger partial charge is 0.424 e. The first-order valence-electron chi connectivity index (χ1n) is 6.46. The molecule has 1 heterocycles. The van der Waals surface area contributed by atoms with Gasteiger partial charge in [-0.25, -0.2) is 9.97 Å². The van der Waals surface area contributed by atoms with Gasteiger partial charge in [-0.3, -0.25) is 4.79 Å². The third-order valence-electron chi connectivity index (χ3n) is 2.93. The number of benzene rings is 1. The lowest BCUT2D eigenvalue weighted by Gasteiger charge is -2.22. The summed E-state index contributed by atoms with van der Waals surface area (Å²) in [7, 11) is 0. The number of aryl methyl sites for hydroxylation is 1. The van der Waals surface area contributed by atoms with E-state index >= 15 is 0 Å². The van der Waals surface area contributed by atoms with Gasteiger partial charge < -0.3 is 4.74 Å². The molecule has 0 aliphatic carbocycles. The Morgan fingerprint density at radius 1 is 1.15 bits per heavy atom. The number of aromatic nitrogens is 2. The van der Waals surface area contributed by atoms with Gasteiger partial charge >= 0.3 is 6.01 Å². The molecule has 0 atom stereocenters. The van der Waals surface area contributed by atoms with Crippen LogP contribution in [-0.2, 0) is 5.41 Å². The molecule has 104 valence electrons. The van der Waals surface area contributed by atoms with E-state index in [4.69, 9.17) is 4.74 Å². The first-order chi connectivity index (χ1) is 9.40. The number of rotatable bonds is 3. The van der Waals surface area contributed by atoms with E-state index in [-0.39, 0.29) is 11.4 Å². The Bertz CT molecular complexity index is 613. The molecular formula is C16H18N2O2. The molecule has 0 aliphatic heterocycles. The summed E-state index contributed by atoms with van der Waals surface area (Å²) in [5.41, 5.74) is 2.67. The summed E-state index contributed by atoms with van der Waals surface area (Å²) in [5, 5.41) is 0. The van der Waals surface area contributed by atoms with Crippen LogP contribution in [0, 0.1) is 6.92 Å². The van der Waals surface area contributed by atoms with Crippen molar-refractivity contribution >= 4 is 6.29 Å². The van der Waals surface area contributed by atoms with Gasteiger partial charge in [0.15, 0.2) is 6.29 Å². The van der Waals surface area contributed by atoms with Crippen LogP contribution >= 0.6 is 0 Å². The van der Waals surface area contributed by atoms with Crippen molar-refractivity contribution in [1.82, 2.24) is 9.97 Å². The summed E-state index contributed by atoms with van der Waals surface area (Å²) in [6.45, 7) is 8.44. The van der Waals surface area contributed by atoms with Crippen LogP contribution < -0.4 is 4.74 Å². The number of aldehydes is 1. The van der Waals surface area contributed by atoms with Crippen LogP contribution in [0.2, 0.25) is 0 Å². The topological polar surface area (TPSA) is 52.1 Å². The van der Waals surface area contributed by atoms with Crippen molar-refractivity contribution in [2.45, 2.75) is 33.1 Å². The zero-order chi connectivity index (χ0) is 14.8. The summed E-state index contributed by atoms with van der Waals surface area (Å²) in [6, 6.07) is 6.26. The van der Waals surface area contributed by atoms with Gasteiger partial charge in [0.1, 0.15) is 5.75 Å². The van der Waals surface area contributed by atoms with E-state index in [1.807, 2.05) is 19.1 Å². The summed E-state index contributed by atoms with van der Waals surface area (Å²) in [4.78, 5) is 18.6. The Hall–Kier alpha value is -2.23. The average molecular weight is 270 g/mol. The van der Waals surface area contributed by atoms with Gasteiger partial charge in [-0.15, -0.1) is 0 Å². The smallest absolute Gasteiger partial charge is 0.321 e. The fourth-order valence-electron chi connectivity index (χ4n) is 1.86. The first kappa shape index (κ1) is 14.2. The quantitative estimate of drug-likeness (QED) is 0.798. The number of ether oxygens (including phenoxy) is 1. The molecule has 2 rings (SSSR count). The third kappa shape index (κ3) is 3.20. The van der Waals surface area contributed by atoms with E-state index in [1.165, 1.54) is 18.0 Å². The molecule has 0 spiro atoms. The van der Waals surface area contributed by atoms with Crippen molar-refractivity contribution in [3.63, 3.8) is 0 Å². The SMILES string of the molecule is Cc1ccc(Oc2ncc(C=O)cn2)c(C(C)(C)C)c1. The lowest BCUT2D eigenvalue weighted by molar-refractivity contribution is 0.112. The van der Waals surface area contributed by atoms with Crippen LogP contribution in [0.25, 0.3) is 0 Å². The van der Waals surface area contributed by atoms with Gasteiger partial charge in [0, 0.05) is 18.0 Å². The van der Waals surface area contributed by atoms with E-state index in [0.717, 1.165) is 11.3 Å². The molecule has 0 amide bonds. The molecule has 0 saturated heterocycles. The first-order valence-corrected chi connectivity index (χ1v) is 6.46. The Morgan fingerprint density at radius 2 is 1.80 bits per heavy atom. The van der Waals surface area contributed by atoms with Gasteiger partial charge in [0.05, 0.1) is 5.56 Å². The molecule has 1 aromatic carbocycles. The molecule has 2 aromatic rings. The van der Waals surface area contributed by atoms with E-state index in [0.29, 0.717) is 11.8 Å². The van der Waals surface area contributed by atoms with E-state index in [2.05, 4.69) is 36.8 Å². The second-order valence-corrected chi connectivity index (χ2v) is 5.77. The highest BCUT2D eigenvalue weighted by Crippen LogP contribution is 2.33. The van der Waals surface area contributed by atoms with Gasteiger partial charge in [-0.2, -0.15) is 0 Å². The van der Waals surface area contributed by atoms with Crippen LogP contribution in [0.1, 0.15) is 42.3 Å². The summed E-state index contributed by atoms with van der Waals surface area (Å²) < 4.78 is 5.75. The molecule has 4 nitrogen and oxygen atoms in total. The number of carbonyl (C=O) groups excluding carboxylic acids is 1. The highest BCUT2D eigenvalue weighted by Gasteiger charge is 2.20. The van der Waals surface area contributed by atoms with Gasteiger partial charge in [0.2, 0.25) is 0 Å². The minimum atomic E-state index is -0.0376. The van der Waals surface area contributed by atoms with Crippen molar-refractivity contribution < 1.29 is 9.53 Å². The number of hydrogen-bond donors (Lipinski definition) is 0. The van der Waals surface area contributed by atoms with Crippen molar-refractivity contribution in [2.75, 3.05) is 0 Å². The van der Waals surface area contributed by atoms with Gasteiger partial charge in [-0.05, 0) is 18.4 Å². The predicted octanol–water partition coefficient (Wildman–Crippen LogP) is 3.69. The van der Waals surface area contributed by atoms with Crippen molar-refractivity contribution in [3.05, 3.63) is 47.3 Å². The monoisotopic (exact) mass is 270 g/mol. The molecule has 0 bridgehead atoms. The standard InChI is InChI=1S/C16H18N2O2/c1-11-5-6-14(13(7-11)16(2,3)4)20-15-17-8-12(10-19)9-18-15/h5-10H,1-4H3. The lowest BCUT2D eigenvalue weighted by Crippen LogP contribution is -2.13. The summed E-state index contributed by atoms with van der Waals surface area (Å²) in [5.74, 6) is 0.738. The summed E-state index contributed by atoms with van der Waals surface area (Å²) in [6.07, 6.45) is 3.59. The van der Waals surface area contributed by atoms with Crippen LogP contribution in [0.15, 0.2) is 30.6 Å². The highest BCUT2D eigenvalue weighted by molar-refractivity contribution is 5.73. The molecule has 0 N–H and O–H groups in total. The normalized spacial score (nSPS) is 11.2. The summed E-state index contributed by atoms with van der Waals surface area (Å²) >= 11 is 0.